The van der Waals surface area contributed by atoms with E-state index in [4.69, 9.17) is 25.8 Å². The van der Waals surface area contributed by atoms with E-state index in [0.29, 0.717) is 0 Å². The van der Waals surface area contributed by atoms with Gasteiger partial charge in [-0.3, -0.25) is 14.9 Å². The molecule has 0 radical (unpaired) electrons. The second-order valence-electron chi connectivity index (χ2n) is 5.50. The summed E-state index contributed by atoms with van der Waals surface area (Å²) in [4.78, 5) is 35.0. The number of para-hydroxylation sites is 2. The summed E-state index contributed by atoms with van der Waals surface area (Å²) in [5.41, 5.74) is -0.233. The fourth-order valence-electron chi connectivity index (χ4n) is 2.29. The van der Waals surface area contributed by atoms with Crippen LogP contribution in [0.1, 0.15) is 17.3 Å². The van der Waals surface area contributed by atoms with Crippen molar-refractivity contribution in [1.29, 1.82) is 0 Å². The highest BCUT2D eigenvalue weighted by Crippen LogP contribution is 2.36. The Morgan fingerprint density at radius 3 is 2.46 bits per heavy atom. The number of amides is 1. The van der Waals surface area contributed by atoms with Crippen LogP contribution in [0.5, 0.6) is 11.5 Å². The van der Waals surface area contributed by atoms with Gasteiger partial charge in [0.1, 0.15) is 5.69 Å². The van der Waals surface area contributed by atoms with Crippen LogP contribution in [0.3, 0.4) is 0 Å². The van der Waals surface area contributed by atoms with Crippen LogP contribution in [0, 0.1) is 10.1 Å². The van der Waals surface area contributed by atoms with Gasteiger partial charge in [-0.2, -0.15) is 0 Å². The smallest absolute Gasteiger partial charge is 0.339 e. The Morgan fingerprint density at radius 1 is 1.18 bits per heavy atom. The van der Waals surface area contributed by atoms with Crippen LogP contribution >= 0.6 is 11.6 Å². The maximum absolute atomic E-state index is 12.3. The first-order valence-electron chi connectivity index (χ1n) is 7.95. The molecule has 0 bridgehead atoms. The minimum atomic E-state index is -1.22. The number of nitro benzene ring substituents is 1. The third kappa shape index (κ3) is 4.68. The van der Waals surface area contributed by atoms with Gasteiger partial charge in [0.25, 0.3) is 11.6 Å². The van der Waals surface area contributed by atoms with Gasteiger partial charge in [-0.05, 0) is 25.1 Å². The Morgan fingerprint density at radius 2 is 1.86 bits per heavy atom. The number of rotatable bonds is 7. The quantitative estimate of drug-likeness (QED) is 0.423. The van der Waals surface area contributed by atoms with Crippen LogP contribution in [-0.2, 0) is 9.53 Å². The van der Waals surface area contributed by atoms with E-state index in [1.54, 1.807) is 0 Å². The summed E-state index contributed by atoms with van der Waals surface area (Å²) in [6.45, 7) is 1.34. The van der Waals surface area contributed by atoms with E-state index in [9.17, 15) is 19.7 Å². The van der Waals surface area contributed by atoms with Crippen LogP contribution in [0.2, 0.25) is 5.02 Å². The van der Waals surface area contributed by atoms with E-state index in [1.807, 2.05) is 0 Å². The highest BCUT2D eigenvalue weighted by atomic mass is 35.5. The third-order valence-corrected chi connectivity index (χ3v) is 3.96. The summed E-state index contributed by atoms with van der Waals surface area (Å²) in [7, 11) is 2.78. The second-order valence-corrected chi connectivity index (χ2v) is 5.91. The van der Waals surface area contributed by atoms with Crippen molar-refractivity contribution >= 4 is 34.9 Å². The second kappa shape index (κ2) is 9.05. The number of methoxy groups -OCH3 is 2. The molecule has 0 saturated carbocycles. The third-order valence-electron chi connectivity index (χ3n) is 3.68. The Hall–Kier alpha value is -3.33. The van der Waals surface area contributed by atoms with Crippen LogP contribution in [0.4, 0.5) is 11.4 Å². The minimum Gasteiger partial charge on any atom is -0.493 e. The van der Waals surface area contributed by atoms with Gasteiger partial charge in [-0.15, -0.1) is 0 Å². The van der Waals surface area contributed by atoms with E-state index < -0.39 is 22.9 Å². The van der Waals surface area contributed by atoms with E-state index >= 15 is 0 Å². The van der Waals surface area contributed by atoms with Crippen molar-refractivity contribution in [3.63, 3.8) is 0 Å². The lowest BCUT2D eigenvalue weighted by Crippen LogP contribution is -2.30. The SMILES string of the molecule is COc1cc(C(=O)O[C@@H](C)C(=O)Nc2ccccc2[N+](=O)[O-])cc(Cl)c1OC. The molecule has 0 fully saturated rings. The molecule has 0 heterocycles. The number of ether oxygens (including phenoxy) is 3. The molecule has 1 atom stereocenters. The maximum atomic E-state index is 12.3. The number of hydrogen-bond donors (Lipinski definition) is 1. The zero-order chi connectivity index (χ0) is 20.8. The number of nitrogens with one attached hydrogen (secondary N) is 1. The number of nitro groups is 1. The predicted molar refractivity (Wildman–Crippen MR) is 101 cm³/mol. The van der Waals surface area contributed by atoms with Gasteiger partial charge >= 0.3 is 5.97 Å². The standard InChI is InChI=1S/C18H17ClN2O7/c1-10(17(22)20-13-6-4-5-7-14(13)21(24)25)28-18(23)11-8-12(19)16(27-3)15(9-11)26-2/h4-10H,1-3H3,(H,20,22)/t10-/m0/s1. The summed E-state index contributed by atoms with van der Waals surface area (Å²) in [5.74, 6) is -1.08. The Balaban J connectivity index is 2.13. The number of benzene rings is 2. The van der Waals surface area contributed by atoms with Crippen molar-refractivity contribution in [2.24, 2.45) is 0 Å². The number of anilines is 1. The van der Waals surface area contributed by atoms with E-state index in [1.165, 1.54) is 57.5 Å². The van der Waals surface area contributed by atoms with Gasteiger partial charge in [0, 0.05) is 6.07 Å². The summed E-state index contributed by atoms with van der Waals surface area (Å²) in [6.07, 6.45) is -1.22. The molecule has 1 N–H and O–H groups in total. The van der Waals surface area contributed by atoms with Gasteiger partial charge < -0.3 is 19.5 Å². The number of nitrogens with zero attached hydrogens (tertiary/aromatic N) is 1. The van der Waals surface area contributed by atoms with Crippen molar-refractivity contribution in [2.75, 3.05) is 19.5 Å². The molecule has 2 rings (SSSR count). The largest absolute Gasteiger partial charge is 0.493 e. The molecule has 0 aliphatic carbocycles. The topological polar surface area (TPSA) is 117 Å². The molecule has 2 aromatic carbocycles. The van der Waals surface area contributed by atoms with Crippen LogP contribution < -0.4 is 14.8 Å². The lowest BCUT2D eigenvalue weighted by molar-refractivity contribution is -0.383. The molecule has 2 aromatic rings. The summed E-state index contributed by atoms with van der Waals surface area (Å²) < 4.78 is 15.3. The molecule has 0 unspecified atom stereocenters. The summed E-state index contributed by atoms with van der Waals surface area (Å²) in [6, 6.07) is 8.30. The molecule has 0 aliphatic rings. The average Bonchev–Trinajstić information content (AvgIpc) is 2.67. The van der Waals surface area contributed by atoms with E-state index in [-0.39, 0.29) is 33.5 Å². The minimum absolute atomic E-state index is 0.00504. The van der Waals surface area contributed by atoms with Crippen molar-refractivity contribution in [2.45, 2.75) is 13.0 Å². The number of esters is 1. The van der Waals surface area contributed by atoms with Crippen molar-refractivity contribution in [1.82, 2.24) is 0 Å². The molecule has 148 valence electrons. The fourth-order valence-corrected chi connectivity index (χ4v) is 2.58. The number of carbonyl (C=O) groups excluding carboxylic acids is 2. The average molecular weight is 409 g/mol. The van der Waals surface area contributed by atoms with Gasteiger partial charge in [0.15, 0.2) is 17.6 Å². The van der Waals surface area contributed by atoms with Crippen LogP contribution in [0.25, 0.3) is 0 Å². The predicted octanol–water partition coefficient (Wildman–Crippen LogP) is 3.45. The fraction of sp³-hybridized carbons (Fsp3) is 0.222. The Labute approximate surface area is 165 Å². The van der Waals surface area contributed by atoms with E-state index in [0.717, 1.165) is 0 Å². The van der Waals surface area contributed by atoms with Gasteiger partial charge in [0.05, 0.1) is 29.7 Å². The molecule has 0 aromatic heterocycles. The monoisotopic (exact) mass is 408 g/mol. The van der Waals surface area contributed by atoms with Gasteiger partial charge in [-0.25, -0.2) is 4.79 Å². The van der Waals surface area contributed by atoms with Crippen molar-refractivity contribution in [3.05, 3.63) is 57.1 Å². The molecule has 1 amide bonds. The van der Waals surface area contributed by atoms with Crippen molar-refractivity contribution in [3.8, 4) is 11.5 Å². The highest BCUT2D eigenvalue weighted by molar-refractivity contribution is 6.32. The summed E-state index contributed by atoms with van der Waals surface area (Å²) in [5, 5.41) is 13.5. The Kier molecular flexibility index (Phi) is 6.78. The normalized spacial score (nSPS) is 11.3. The van der Waals surface area contributed by atoms with Crippen molar-refractivity contribution < 1.29 is 28.7 Å². The molecular formula is C18H17ClN2O7. The maximum Gasteiger partial charge on any atom is 0.339 e. The molecule has 0 spiro atoms. The zero-order valence-corrected chi connectivity index (χ0v) is 16.0. The summed E-state index contributed by atoms with van der Waals surface area (Å²) >= 11 is 6.06. The van der Waals surface area contributed by atoms with Gasteiger partial charge in [-0.1, -0.05) is 23.7 Å². The van der Waals surface area contributed by atoms with Crippen LogP contribution in [-0.4, -0.2) is 37.1 Å². The number of halogens is 1. The first-order chi connectivity index (χ1) is 13.3. The molecular weight excluding hydrogens is 392 g/mol. The van der Waals surface area contributed by atoms with Gasteiger partial charge in [0.2, 0.25) is 0 Å². The first-order valence-corrected chi connectivity index (χ1v) is 8.33. The zero-order valence-electron chi connectivity index (χ0n) is 15.2. The molecule has 9 nitrogen and oxygen atoms in total. The van der Waals surface area contributed by atoms with Crippen LogP contribution in [0.15, 0.2) is 36.4 Å². The lowest BCUT2D eigenvalue weighted by atomic mass is 10.2. The first kappa shape index (κ1) is 21.0. The number of carbonyl (C=O) groups is 2. The lowest BCUT2D eigenvalue weighted by Gasteiger charge is -2.15. The Bertz CT molecular complexity index is 917. The molecule has 0 aliphatic heterocycles. The molecule has 28 heavy (non-hydrogen) atoms. The highest BCUT2D eigenvalue weighted by Gasteiger charge is 2.23. The number of hydrogen-bond acceptors (Lipinski definition) is 7. The van der Waals surface area contributed by atoms with E-state index in [2.05, 4.69) is 5.32 Å². The molecule has 0 saturated heterocycles. The molecule has 10 heteroatoms.